The van der Waals surface area contributed by atoms with Crippen LogP contribution in [-0.4, -0.2) is 38.5 Å². The Hall–Kier alpha value is -2.35. The van der Waals surface area contributed by atoms with E-state index in [4.69, 9.17) is 9.15 Å². The van der Waals surface area contributed by atoms with E-state index in [-0.39, 0.29) is 30.1 Å². The van der Waals surface area contributed by atoms with Gasteiger partial charge in [-0.1, -0.05) is 0 Å². The molecule has 8 heteroatoms. The second-order valence-corrected chi connectivity index (χ2v) is 8.09. The molecule has 0 aliphatic carbocycles. The lowest BCUT2D eigenvalue weighted by Gasteiger charge is -2.12. The maximum Gasteiger partial charge on any atom is 0.336 e. The molecule has 1 N–H and O–H groups in total. The van der Waals surface area contributed by atoms with Crippen molar-refractivity contribution in [3.8, 4) is 5.75 Å². The summed E-state index contributed by atoms with van der Waals surface area (Å²) in [5.41, 5.74) is 0.741. The number of carbonyl (C=O) groups excluding carboxylic acids is 1. The highest BCUT2D eigenvalue weighted by molar-refractivity contribution is 7.91. The highest BCUT2D eigenvalue weighted by atomic mass is 32.2. The van der Waals surface area contributed by atoms with Crippen LogP contribution in [0.4, 0.5) is 0 Å². The third-order valence-electron chi connectivity index (χ3n) is 3.89. The second kappa shape index (κ2) is 6.27. The van der Waals surface area contributed by atoms with E-state index in [0.29, 0.717) is 17.8 Å². The van der Waals surface area contributed by atoms with E-state index in [0.717, 1.165) is 10.9 Å². The van der Waals surface area contributed by atoms with Crippen LogP contribution in [0.2, 0.25) is 0 Å². The first-order chi connectivity index (χ1) is 11.3. The zero-order valence-electron chi connectivity index (χ0n) is 13.1. The van der Waals surface area contributed by atoms with Crippen LogP contribution in [0.25, 0.3) is 11.0 Å². The molecule has 128 valence electrons. The molecular formula is C16H17NO6S. The number of nitrogens with one attached hydrogen (secondary N) is 1. The number of benzene rings is 1. The fourth-order valence-electron chi connectivity index (χ4n) is 2.72. The summed E-state index contributed by atoms with van der Waals surface area (Å²) in [4.78, 5) is 23.3. The zero-order chi connectivity index (χ0) is 17.3. The van der Waals surface area contributed by atoms with E-state index in [2.05, 4.69) is 5.32 Å². The SMILES string of the molecule is Cc1cc(=O)oc2cc(OCC(=O)NC3CCS(=O)(=O)C3)ccc12. The molecule has 24 heavy (non-hydrogen) atoms. The lowest BCUT2D eigenvalue weighted by atomic mass is 10.1. The standard InChI is InChI=1S/C16H17NO6S/c1-10-6-16(19)23-14-7-12(2-3-13(10)14)22-8-15(18)17-11-4-5-24(20,21)9-11/h2-3,6-7,11H,4-5,8-9H2,1H3,(H,17,18). The monoisotopic (exact) mass is 351 g/mol. The van der Waals surface area contributed by atoms with Gasteiger partial charge in [-0.25, -0.2) is 13.2 Å². The van der Waals surface area contributed by atoms with Crippen LogP contribution in [0.15, 0.2) is 33.5 Å². The fraction of sp³-hybridized carbons (Fsp3) is 0.375. The van der Waals surface area contributed by atoms with Gasteiger partial charge in [0.15, 0.2) is 16.4 Å². The van der Waals surface area contributed by atoms with Gasteiger partial charge in [0.05, 0.1) is 11.5 Å². The maximum absolute atomic E-state index is 11.9. The van der Waals surface area contributed by atoms with Crippen molar-refractivity contribution in [2.24, 2.45) is 0 Å². The Labute approximate surface area is 138 Å². The van der Waals surface area contributed by atoms with Crippen molar-refractivity contribution in [3.05, 3.63) is 40.2 Å². The van der Waals surface area contributed by atoms with Crippen LogP contribution in [0, 0.1) is 6.92 Å². The first kappa shape index (κ1) is 16.5. The van der Waals surface area contributed by atoms with Gasteiger partial charge in [-0.05, 0) is 31.0 Å². The Morgan fingerprint density at radius 1 is 1.38 bits per heavy atom. The molecule has 1 aromatic carbocycles. The van der Waals surface area contributed by atoms with Gasteiger partial charge in [0.2, 0.25) is 0 Å². The topological polar surface area (TPSA) is 103 Å². The summed E-state index contributed by atoms with van der Waals surface area (Å²) in [7, 11) is -3.04. The van der Waals surface area contributed by atoms with Crippen LogP contribution < -0.4 is 15.7 Å². The molecule has 1 saturated heterocycles. The summed E-state index contributed by atoms with van der Waals surface area (Å²) < 4.78 is 33.2. The lowest BCUT2D eigenvalue weighted by Crippen LogP contribution is -2.38. The molecule has 1 aromatic heterocycles. The third kappa shape index (κ3) is 3.76. The van der Waals surface area contributed by atoms with Crippen molar-refractivity contribution in [1.29, 1.82) is 0 Å². The molecule has 1 unspecified atom stereocenters. The molecular weight excluding hydrogens is 334 g/mol. The van der Waals surface area contributed by atoms with E-state index in [9.17, 15) is 18.0 Å². The molecule has 1 aliphatic rings. The molecule has 3 rings (SSSR count). The van der Waals surface area contributed by atoms with Crippen LogP contribution in [0.1, 0.15) is 12.0 Å². The number of hydrogen-bond donors (Lipinski definition) is 1. The van der Waals surface area contributed by atoms with Crippen molar-refractivity contribution in [2.75, 3.05) is 18.1 Å². The van der Waals surface area contributed by atoms with Crippen molar-refractivity contribution in [3.63, 3.8) is 0 Å². The van der Waals surface area contributed by atoms with Crippen molar-refractivity contribution < 1.29 is 22.4 Å². The summed E-state index contributed by atoms with van der Waals surface area (Å²) >= 11 is 0. The van der Waals surface area contributed by atoms with E-state index in [1.165, 1.54) is 6.07 Å². The van der Waals surface area contributed by atoms with Gasteiger partial charge < -0.3 is 14.5 Å². The van der Waals surface area contributed by atoms with Gasteiger partial charge in [-0.15, -0.1) is 0 Å². The molecule has 0 radical (unpaired) electrons. The molecule has 1 aliphatic heterocycles. The minimum atomic E-state index is -3.04. The molecule has 0 spiro atoms. The minimum Gasteiger partial charge on any atom is -0.484 e. The van der Waals surface area contributed by atoms with Crippen molar-refractivity contribution in [2.45, 2.75) is 19.4 Å². The van der Waals surface area contributed by atoms with Gasteiger partial charge in [-0.3, -0.25) is 4.79 Å². The van der Waals surface area contributed by atoms with Crippen LogP contribution in [0.5, 0.6) is 5.75 Å². The van der Waals surface area contributed by atoms with Gasteiger partial charge in [-0.2, -0.15) is 0 Å². The number of aryl methyl sites for hydroxylation is 1. The second-order valence-electron chi connectivity index (χ2n) is 5.86. The molecule has 7 nitrogen and oxygen atoms in total. The first-order valence-corrected chi connectivity index (χ1v) is 9.32. The third-order valence-corrected chi connectivity index (χ3v) is 5.66. The number of ether oxygens (including phenoxy) is 1. The Morgan fingerprint density at radius 2 is 2.17 bits per heavy atom. The van der Waals surface area contributed by atoms with Crippen molar-refractivity contribution >= 4 is 26.7 Å². The van der Waals surface area contributed by atoms with Gasteiger partial charge in [0.25, 0.3) is 5.91 Å². The van der Waals surface area contributed by atoms with E-state index in [1.807, 2.05) is 6.92 Å². The molecule has 0 bridgehead atoms. The number of carbonyl (C=O) groups is 1. The summed E-state index contributed by atoms with van der Waals surface area (Å²) in [6.07, 6.45) is 0.425. The highest BCUT2D eigenvalue weighted by Gasteiger charge is 2.28. The van der Waals surface area contributed by atoms with Crippen molar-refractivity contribution in [1.82, 2.24) is 5.32 Å². The maximum atomic E-state index is 11.9. The molecule has 1 atom stereocenters. The number of hydrogen-bond acceptors (Lipinski definition) is 6. The van der Waals surface area contributed by atoms with Crippen LogP contribution >= 0.6 is 0 Å². The average Bonchev–Trinajstić information content (AvgIpc) is 2.83. The van der Waals surface area contributed by atoms with E-state index >= 15 is 0 Å². The number of rotatable bonds is 4. The van der Waals surface area contributed by atoms with E-state index < -0.39 is 15.5 Å². The quantitative estimate of drug-likeness (QED) is 0.817. The smallest absolute Gasteiger partial charge is 0.336 e. The molecule has 1 fully saturated rings. The largest absolute Gasteiger partial charge is 0.484 e. The zero-order valence-corrected chi connectivity index (χ0v) is 13.9. The van der Waals surface area contributed by atoms with Gasteiger partial charge in [0, 0.05) is 23.6 Å². The Kier molecular flexibility index (Phi) is 4.31. The molecule has 1 amide bonds. The highest BCUT2D eigenvalue weighted by Crippen LogP contribution is 2.22. The Balaban J connectivity index is 1.63. The molecule has 2 aromatic rings. The minimum absolute atomic E-state index is 0.0286. The summed E-state index contributed by atoms with van der Waals surface area (Å²) in [5, 5.41) is 3.44. The van der Waals surface area contributed by atoms with Crippen LogP contribution in [-0.2, 0) is 14.6 Å². The average molecular weight is 351 g/mol. The Bertz CT molecular complexity index is 947. The normalized spacial score (nSPS) is 19.3. The number of fused-ring (bicyclic) bond motifs is 1. The number of sulfone groups is 1. The Morgan fingerprint density at radius 3 is 2.88 bits per heavy atom. The summed E-state index contributed by atoms with van der Waals surface area (Å²) in [6.45, 7) is 1.57. The molecule has 0 saturated carbocycles. The predicted octanol–water partition coefficient (Wildman–Crippen LogP) is 0.784. The van der Waals surface area contributed by atoms with Crippen LogP contribution in [0.3, 0.4) is 0 Å². The fourth-order valence-corrected chi connectivity index (χ4v) is 4.40. The van der Waals surface area contributed by atoms with Gasteiger partial charge >= 0.3 is 5.63 Å². The summed E-state index contributed by atoms with van der Waals surface area (Å²) in [6, 6.07) is 6.04. The van der Waals surface area contributed by atoms with Gasteiger partial charge in [0.1, 0.15) is 11.3 Å². The lowest BCUT2D eigenvalue weighted by molar-refractivity contribution is -0.123. The first-order valence-electron chi connectivity index (χ1n) is 7.49. The summed E-state index contributed by atoms with van der Waals surface area (Å²) in [5.74, 6) is 0.0782. The predicted molar refractivity (Wildman–Crippen MR) is 87.9 cm³/mol. The van der Waals surface area contributed by atoms with E-state index in [1.54, 1.807) is 18.2 Å². The molecule has 2 heterocycles. The number of amides is 1.